The lowest BCUT2D eigenvalue weighted by molar-refractivity contribution is 0.0944. The number of aryl methyl sites for hydroxylation is 2. The van der Waals surface area contributed by atoms with Gasteiger partial charge < -0.3 is 14.5 Å². The Bertz CT molecular complexity index is 599. The maximum atomic E-state index is 12.0. The van der Waals surface area contributed by atoms with Crippen molar-refractivity contribution in [1.82, 2.24) is 19.4 Å². The Kier molecular flexibility index (Phi) is 4.34. The Labute approximate surface area is 117 Å². The SMILES string of the molecule is CC(=O)c1cc(C(=O)NCCCn2ccnc2)n(C)c1. The van der Waals surface area contributed by atoms with Gasteiger partial charge in [0.1, 0.15) is 5.69 Å². The molecule has 2 aromatic heterocycles. The van der Waals surface area contributed by atoms with Crippen LogP contribution >= 0.6 is 0 Å². The molecule has 0 spiro atoms. The Balaban J connectivity index is 1.84. The molecule has 1 amide bonds. The third-order valence-corrected chi connectivity index (χ3v) is 3.08. The molecule has 2 aromatic rings. The fraction of sp³-hybridized carbons (Fsp3) is 0.357. The molecule has 0 saturated heterocycles. The molecule has 2 heterocycles. The summed E-state index contributed by atoms with van der Waals surface area (Å²) in [6.07, 6.45) is 7.86. The van der Waals surface area contributed by atoms with Crippen LogP contribution in [0.25, 0.3) is 0 Å². The number of ketones is 1. The first-order valence-electron chi connectivity index (χ1n) is 6.49. The van der Waals surface area contributed by atoms with Gasteiger partial charge in [-0.15, -0.1) is 0 Å². The molecule has 0 saturated carbocycles. The number of amides is 1. The summed E-state index contributed by atoms with van der Waals surface area (Å²) in [6.45, 7) is 2.88. The quantitative estimate of drug-likeness (QED) is 0.636. The standard InChI is InChI=1S/C14H18N4O2/c1-11(19)12-8-13(17(2)9-12)14(20)16-4-3-6-18-7-5-15-10-18/h5,7-10H,3-4,6H2,1-2H3,(H,16,20). The van der Waals surface area contributed by atoms with Crippen LogP contribution in [0.3, 0.4) is 0 Å². The van der Waals surface area contributed by atoms with E-state index in [4.69, 9.17) is 0 Å². The van der Waals surface area contributed by atoms with Crippen molar-refractivity contribution in [3.63, 3.8) is 0 Å². The van der Waals surface area contributed by atoms with E-state index in [-0.39, 0.29) is 11.7 Å². The monoisotopic (exact) mass is 274 g/mol. The second kappa shape index (κ2) is 6.18. The highest BCUT2D eigenvalue weighted by Gasteiger charge is 2.13. The lowest BCUT2D eigenvalue weighted by atomic mass is 10.2. The molecule has 106 valence electrons. The van der Waals surface area contributed by atoms with E-state index < -0.39 is 0 Å². The van der Waals surface area contributed by atoms with Gasteiger partial charge in [-0.2, -0.15) is 0 Å². The van der Waals surface area contributed by atoms with Crippen LogP contribution in [-0.2, 0) is 13.6 Å². The van der Waals surface area contributed by atoms with Gasteiger partial charge in [0.25, 0.3) is 5.91 Å². The summed E-state index contributed by atoms with van der Waals surface area (Å²) in [5, 5.41) is 2.85. The molecule has 6 heteroatoms. The summed E-state index contributed by atoms with van der Waals surface area (Å²) in [5.41, 5.74) is 1.05. The van der Waals surface area contributed by atoms with Crippen LogP contribution in [0.5, 0.6) is 0 Å². The molecule has 0 bridgehead atoms. The van der Waals surface area contributed by atoms with E-state index in [1.807, 2.05) is 10.8 Å². The molecule has 0 radical (unpaired) electrons. The van der Waals surface area contributed by atoms with Crippen molar-refractivity contribution < 1.29 is 9.59 Å². The molecular formula is C14H18N4O2. The lowest BCUT2D eigenvalue weighted by Gasteiger charge is -2.06. The Morgan fingerprint density at radius 2 is 2.20 bits per heavy atom. The van der Waals surface area contributed by atoms with E-state index in [0.29, 0.717) is 17.8 Å². The molecule has 0 aliphatic carbocycles. The van der Waals surface area contributed by atoms with Gasteiger partial charge in [0.15, 0.2) is 5.78 Å². The minimum Gasteiger partial charge on any atom is -0.351 e. The summed E-state index contributed by atoms with van der Waals surface area (Å²) < 4.78 is 3.63. The number of aromatic nitrogens is 3. The van der Waals surface area contributed by atoms with E-state index >= 15 is 0 Å². The molecule has 20 heavy (non-hydrogen) atoms. The van der Waals surface area contributed by atoms with Crippen molar-refractivity contribution >= 4 is 11.7 Å². The van der Waals surface area contributed by atoms with Crippen molar-refractivity contribution in [1.29, 1.82) is 0 Å². The molecule has 1 N–H and O–H groups in total. The number of hydrogen-bond acceptors (Lipinski definition) is 3. The van der Waals surface area contributed by atoms with Gasteiger partial charge in [-0.1, -0.05) is 0 Å². The summed E-state index contributed by atoms with van der Waals surface area (Å²) in [7, 11) is 1.76. The fourth-order valence-corrected chi connectivity index (χ4v) is 1.96. The predicted molar refractivity (Wildman–Crippen MR) is 74.6 cm³/mol. The zero-order valence-electron chi connectivity index (χ0n) is 11.7. The second-order valence-corrected chi connectivity index (χ2v) is 4.69. The largest absolute Gasteiger partial charge is 0.351 e. The third-order valence-electron chi connectivity index (χ3n) is 3.08. The lowest BCUT2D eigenvalue weighted by Crippen LogP contribution is -2.26. The van der Waals surface area contributed by atoms with Crippen LogP contribution in [0.15, 0.2) is 31.0 Å². The normalized spacial score (nSPS) is 10.5. The van der Waals surface area contributed by atoms with Crippen molar-refractivity contribution in [3.8, 4) is 0 Å². The highest BCUT2D eigenvalue weighted by atomic mass is 16.2. The Hall–Kier alpha value is -2.37. The summed E-state index contributed by atoms with van der Waals surface area (Å²) in [6, 6.07) is 1.62. The van der Waals surface area contributed by atoms with E-state index in [9.17, 15) is 9.59 Å². The Morgan fingerprint density at radius 1 is 1.40 bits per heavy atom. The number of carbonyl (C=O) groups is 2. The summed E-state index contributed by atoms with van der Waals surface area (Å²) in [4.78, 5) is 27.2. The second-order valence-electron chi connectivity index (χ2n) is 4.69. The molecule has 0 atom stereocenters. The smallest absolute Gasteiger partial charge is 0.267 e. The van der Waals surface area contributed by atoms with Gasteiger partial charge in [0.2, 0.25) is 0 Å². The van der Waals surface area contributed by atoms with Crippen LogP contribution < -0.4 is 5.32 Å². The first-order chi connectivity index (χ1) is 9.58. The van der Waals surface area contributed by atoms with Gasteiger partial charge >= 0.3 is 0 Å². The Morgan fingerprint density at radius 3 is 2.80 bits per heavy atom. The zero-order valence-corrected chi connectivity index (χ0v) is 11.7. The fourth-order valence-electron chi connectivity index (χ4n) is 1.96. The topological polar surface area (TPSA) is 68.9 Å². The van der Waals surface area contributed by atoms with Crippen LogP contribution in [0, 0.1) is 0 Å². The highest BCUT2D eigenvalue weighted by molar-refractivity contribution is 5.99. The minimum atomic E-state index is -0.161. The zero-order chi connectivity index (χ0) is 14.5. The molecule has 2 rings (SSSR count). The number of rotatable bonds is 6. The number of nitrogens with one attached hydrogen (secondary N) is 1. The third kappa shape index (κ3) is 3.34. The van der Waals surface area contributed by atoms with E-state index in [1.165, 1.54) is 6.92 Å². The molecular weight excluding hydrogens is 256 g/mol. The first-order valence-corrected chi connectivity index (χ1v) is 6.49. The summed E-state index contributed by atoms with van der Waals surface area (Å²) in [5.74, 6) is -0.203. The molecule has 0 unspecified atom stereocenters. The van der Waals surface area contributed by atoms with E-state index in [2.05, 4.69) is 10.3 Å². The number of hydrogen-bond donors (Lipinski definition) is 1. The van der Waals surface area contributed by atoms with E-state index in [1.54, 1.807) is 36.4 Å². The predicted octanol–water partition coefficient (Wildman–Crippen LogP) is 1.24. The van der Waals surface area contributed by atoms with Gasteiger partial charge in [-0.3, -0.25) is 9.59 Å². The van der Waals surface area contributed by atoms with Gasteiger partial charge in [0, 0.05) is 44.3 Å². The average molecular weight is 274 g/mol. The number of imidazole rings is 1. The van der Waals surface area contributed by atoms with Gasteiger partial charge in [-0.25, -0.2) is 4.98 Å². The number of Topliss-reactive ketones (excluding diaryl/α,β-unsaturated/α-hetero) is 1. The molecule has 0 aromatic carbocycles. The van der Waals surface area contributed by atoms with Gasteiger partial charge in [-0.05, 0) is 19.4 Å². The van der Waals surface area contributed by atoms with Crippen LogP contribution in [0.2, 0.25) is 0 Å². The molecule has 0 fully saturated rings. The summed E-state index contributed by atoms with van der Waals surface area (Å²) >= 11 is 0. The van der Waals surface area contributed by atoms with Gasteiger partial charge in [0.05, 0.1) is 6.33 Å². The molecule has 0 aliphatic heterocycles. The van der Waals surface area contributed by atoms with Crippen molar-refractivity contribution in [2.75, 3.05) is 6.54 Å². The van der Waals surface area contributed by atoms with Crippen molar-refractivity contribution in [3.05, 3.63) is 42.2 Å². The first kappa shape index (κ1) is 14.0. The van der Waals surface area contributed by atoms with Crippen molar-refractivity contribution in [2.24, 2.45) is 7.05 Å². The average Bonchev–Trinajstić information content (AvgIpc) is 3.03. The minimum absolute atomic E-state index is 0.0419. The molecule has 0 aliphatic rings. The van der Waals surface area contributed by atoms with Crippen LogP contribution in [-0.4, -0.2) is 32.4 Å². The highest BCUT2D eigenvalue weighted by Crippen LogP contribution is 2.08. The maximum absolute atomic E-state index is 12.0. The maximum Gasteiger partial charge on any atom is 0.267 e. The van der Waals surface area contributed by atoms with E-state index in [0.717, 1.165) is 13.0 Å². The van der Waals surface area contributed by atoms with Crippen LogP contribution in [0.4, 0.5) is 0 Å². The number of nitrogens with zero attached hydrogens (tertiary/aromatic N) is 3. The van der Waals surface area contributed by atoms with Crippen LogP contribution in [0.1, 0.15) is 34.2 Å². The molecule has 6 nitrogen and oxygen atoms in total. The number of carbonyl (C=O) groups excluding carboxylic acids is 2. The van der Waals surface area contributed by atoms with Crippen molar-refractivity contribution in [2.45, 2.75) is 19.9 Å².